The van der Waals surface area contributed by atoms with Gasteiger partial charge >= 0.3 is 0 Å². The highest BCUT2D eigenvalue weighted by atomic mass is 19.1. The van der Waals surface area contributed by atoms with E-state index in [9.17, 15) is 9.65 Å². The van der Waals surface area contributed by atoms with E-state index in [1.165, 1.54) is 12.1 Å². The Balaban J connectivity index is 2.27. The molecule has 0 bridgehead atoms. The van der Waals surface area contributed by atoms with Crippen LogP contribution in [0.2, 0.25) is 0 Å². The minimum atomic E-state index is -0.292. The average Bonchev–Trinajstić information content (AvgIpc) is 2.74. The number of benzene rings is 1. The number of anilines is 1. The topological polar surface area (TPSA) is 76.9 Å². The quantitative estimate of drug-likeness (QED) is 0.900. The number of nitrogens with zero attached hydrogens (tertiary/aromatic N) is 3. The molecule has 2 aromatic rings. The Morgan fingerprint density at radius 2 is 2.10 bits per heavy atom. The molecule has 0 saturated heterocycles. The van der Waals surface area contributed by atoms with E-state index in [1.807, 2.05) is 0 Å². The molecule has 2 rings (SSSR count). The smallest absolute Gasteiger partial charge is 0.140 e. The van der Waals surface area contributed by atoms with Crippen LogP contribution in [0.15, 0.2) is 24.3 Å². The highest BCUT2D eigenvalue weighted by Gasteiger charge is 2.15. The SMILES string of the molecule is COCCn1nc(Cc2ccc(F)cc2)c(C#N)c1N. The molecule has 0 spiro atoms. The van der Waals surface area contributed by atoms with Crippen LogP contribution in [0.4, 0.5) is 10.2 Å². The monoisotopic (exact) mass is 274 g/mol. The van der Waals surface area contributed by atoms with Crippen LogP contribution in [0, 0.1) is 17.1 Å². The molecule has 1 aromatic carbocycles. The molecule has 0 fully saturated rings. The second-order valence-corrected chi connectivity index (χ2v) is 4.34. The molecule has 0 aliphatic rings. The standard InChI is InChI=1S/C14H15FN4O/c1-20-7-6-19-14(17)12(9-16)13(18-19)8-10-2-4-11(15)5-3-10/h2-5H,6-8,17H2,1H3. The first-order valence-corrected chi connectivity index (χ1v) is 6.14. The fraction of sp³-hybridized carbons (Fsp3) is 0.286. The predicted molar refractivity (Wildman–Crippen MR) is 72.4 cm³/mol. The second kappa shape index (κ2) is 6.17. The number of halogens is 1. The fourth-order valence-electron chi connectivity index (χ4n) is 1.92. The minimum absolute atomic E-state index is 0.292. The van der Waals surface area contributed by atoms with Gasteiger partial charge in [-0.25, -0.2) is 9.07 Å². The van der Waals surface area contributed by atoms with Gasteiger partial charge in [-0.3, -0.25) is 0 Å². The van der Waals surface area contributed by atoms with Crippen LogP contribution in [-0.4, -0.2) is 23.5 Å². The van der Waals surface area contributed by atoms with E-state index < -0.39 is 0 Å². The summed E-state index contributed by atoms with van der Waals surface area (Å²) in [5, 5.41) is 13.5. The van der Waals surface area contributed by atoms with E-state index in [4.69, 9.17) is 10.5 Å². The lowest BCUT2D eigenvalue weighted by molar-refractivity contribution is 0.184. The Hall–Kier alpha value is -2.39. The van der Waals surface area contributed by atoms with Crippen LogP contribution < -0.4 is 5.73 Å². The van der Waals surface area contributed by atoms with Crippen molar-refractivity contribution in [3.63, 3.8) is 0 Å². The molecule has 1 aromatic heterocycles. The summed E-state index contributed by atoms with van der Waals surface area (Å²) in [4.78, 5) is 0. The Morgan fingerprint density at radius 1 is 1.40 bits per heavy atom. The number of nitrogens with two attached hydrogens (primary N) is 1. The summed E-state index contributed by atoms with van der Waals surface area (Å²) in [6.45, 7) is 0.952. The highest BCUT2D eigenvalue weighted by Crippen LogP contribution is 2.19. The molecule has 6 heteroatoms. The van der Waals surface area contributed by atoms with Gasteiger partial charge in [0.2, 0.25) is 0 Å². The maximum Gasteiger partial charge on any atom is 0.140 e. The number of nitrogen functional groups attached to an aromatic ring is 1. The average molecular weight is 274 g/mol. The van der Waals surface area contributed by atoms with Crippen LogP contribution >= 0.6 is 0 Å². The van der Waals surface area contributed by atoms with E-state index in [0.717, 1.165) is 5.56 Å². The number of rotatable bonds is 5. The molecule has 104 valence electrons. The minimum Gasteiger partial charge on any atom is -0.383 e. The third-order valence-corrected chi connectivity index (χ3v) is 2.97. The summed E-state index contributed by atoms with van der Waals surface area (Å²) in [6, 6.07) is 8.17. The van der Waals surface area contributed by atoms with Crippen LogP contribution in [-0.2, 0) is 17.7 Å². The van der Waals surface area contributed by atoms with E-state index in [0.29, 0.717) is 36.6 Å². The number of aromatic nitrogens is 2. The number of methoxy groups -OCH3 is 1. The van der Waals surface area contributed by atoms with E-state index in [1.54, 1.807) is 23.9 Å². The summed E-state index contributed by atoms with van der Waals surface area (Å²) >= 11 is 0. The second-order valence-electron chi connectivity index (χ2n) is 4.34. The molecule has 0 amide bonds. The van der Waals surface area contributed by atoms with Gasteiger partial charge in [0, 0.05) is 13.5 Å². The fourth-order valence-corrected chi connectivity index (χ4v) is 1.92. The lowest BCUT2D eigenvalue weighted by Gasteiger charge is -2.01. The van der Waals surface area contributed by atoms with Crippen LogP contribution in [0.25, 0.3) is 0 Å². The number of nitriles is 1. The van der Waals surface area contributed by atoms with Crippen molar-refractivity contribution in [1.82, 2.24) is 9.78 Å². The molecule has 0 atom stereocenters. The van der Waals surface area contributed by atoms with Crippen molar-refractivity contribution in [2.24, 2.45) is 0 Å². The van der Waals surface area contributed by atoms with Crippen LogP contribution in [0.5, 0.6) is 0 Å². The van der Waals surface area contributed by atoms with Crippen molar-refractivity contribution in [3.05, 3.63) is 46.9 Å². The molecule has 5 nitrogen and oxygen atoms in total. The van der Waals surface area contributed by atoms with Crippen molar-refractivity contribution in [2.45, 2.75) is 13.0 Å². The Kier molecular flexibility index (Phi) is 4.33. The van der Waals surface area contributed by atoms with Gasteiger partial charge in [0.05, 0.1) is 18.8 Å². The number of hydrogen-bond acceptors (Lipinski definition) is 4. The summed E-state index contributed by atoms with van der Waals surface area (Å²) < 4.78 is 19.4. The maximum absolute atomic E-state index is 12.9. The molecule has 0 aliphatic carbocycles. The first-order valence-electron chi connectivity index (χ1n) is 6.14. The predicted octanol–water partition coefficient (Wildman–Crippen LogP) is 1.71. The van der Waals surface area contributed by atoms with Gasteiger partial charge in [-0.1, -0.05) is 12.1 Å². The molecule has 0 unspecified atom stereocenters. The number of hydrogen-bond donors (Lipinski definition) is 1. The van der Waals surface area contributed by atoms with E-state index >= 15 is 0 Å². The summed E-state index contributed by atoms with van der Waals surface area (Å²) in [5.41, 5.74) is 7.73. The van der Waals surface area contributed by atoms with Crippen molar-refractivity contribution in [3.8, 4) is 6.07 Å². The molecular weight excluding hydrogens is 259 g/mol. The van der Waals surface area contributed by atoms with Crippen molar-refractivity contribution in [1.29, 1.82) is 5.26 Å². The van der Waals surface area contributed by atoms with Gasteiger partial charge in [-0.2, -0.15) is 10.4 Å². The van der Waals surface area contributed by atoms with Crippen molar-refractivity contribution >= 4 is 5.82 Å². The third-order valence-electron chi connectivity index (χ3n) is 2.97. The third kappa shape index (κ3) is 2.95. The molecular formula is C14H15FN4O. The molecule has 20 heavy (non-hydrogen) atoms. The van der Waals surface area contributed by atoms with Crippen LogP contribution in [0.1, 0.15) is 16.8 Å². The van der Waals surface area contributed by atoms with Gasteiger partial charge in [0.15, 0.2) is 0 Å². The Bertz CT molecular complexity index is 628. The summed E-state index contributed by atoms with van der Waals surface area (Å²) in [6.07, 6.45) is 0.438. The molecule has 0 radical (unpaired) electrons. The molecule has 2 N–H and O–H groups in total. The van der Waals surface area contributed by atoms with Gasteiger partial charge in [-0.15, -0.1) is 0 Å². The van der Waals surface area contributed by atoms with Gasteiger partial charge in [0.25, 0.3) is 0 Å². The zero-order valence-corrected chi connectivity index (χ0v) is 11.1. The summed E-state index contributed by atoms with van der Waals surface area (Å²) in [7, 11) is 1.59. The van der Waals surface area contributed by atoms with Crippen molar-refractivity contribution in [2.75, 3.05) is 19.5 Å². The first kappa shape index (κ1) is 14.0. The molecule has 1 heterocycles. The zero-order valence-electron chi connectivity index (χ0n) is 11.1. The Labute approximate surface area is 116 Å². The highest BCUT2D eigenvalue weighted by molar-refractivity contribution is 5.53. The lowest BCUT2D eigenvalue weighted by Crippen LogP contribution is -2.09. The maximum atomic E-state index is 12.9. The molecule has 0 aliphatic heterocycles. The van der Waals surface area contributed by atoms with Gasteiger partial charge in [0.1, 0.15) is 23.3 Å². The number of ether oxygens (including phenoxy) is 1. The first-order chi connectivity index (χ1) is 9.65. The molecule has 0 saturated carbocycles. The summed E-state index contributed by atoms with van der Waals surface area (Å²) in [5.74, 6) is 0.0426. The van der Waals surface area contributed by atoms with E-state index in [2.05, 4.69) is 11.2 Å². The lowest BCUT2D eigenvalue weighted by atomic mass is 10.1. The normalized spacial score (nSPS) is 10.4. The van der Waals surface area contributed by atoms with Gasteiger partial charge < -0.3 is 10.5 Å². The van der Waals surface area contributed by atoms with Crippen LogP contribution in [0.3, 0.4) is 0 Å². The van der Waals surface area contributed by atoms with Crippen molar-refractivity contribution < 1.29 is 9.13 Å². The van der Waals surface area contributed by atoms with Gasteiger partial charge in [-0.05, 0) is 17.7 Å². The van der Waals surface area contributed by atoms with E-state index in [-0.39, 0.29) is 5.82 Å². The largest absolute Gasteiger partial charge is 0.383 e. The zero-order chi connectivity index (χ0) is 14.5. The Morgan fingerprint density at radius 3 is 2.70 bits per heavy atom.